The summed E-state index contributed by atoms with van der Waals surface area (Å²) in [5, 5.41) is 16.2. The minimum atomic E-state index is -4.52. The van der Waals surface area contributed by atoms with Crippen molar-refractivity contribution in [3.63, 3.8) is 0 Å². The van der Waals surface area contributed by atoms with Gasteiger partial charge in [0.1, 0.15) is 31.7 Å². The molecule has 40 heavy (non-hydrogen) atoms. The van der Waals surface area contributed by atoms with Gasteiger partial charge >= 0.3 is 11.9 Å². The Morgan fingerprint density at radius 3 is 1.00 bits per heavy atom. The zero-order valence-electron chi connectivity index (χ0n) is 22.4. The maximum Gasteiger partial charge on any atom is 0.336 e. The minimum absolute atomic E-state index is 0.0833. The quantitative estimate of drug-likeness (QED) is 0.0932. The zero-order valence-corrected chi connectivity index (χ0v) is 24.1. The monoisotopic (exact) mass is 600 g/mol. The van der Waals surface area contributed by atoms with E-state index < -0.39 is 20.2 Å². The Morgan fingerprint density at radius 1 is 0.625 bits per heavy atom. The van der Waals surface area contributed by atoms with Crippen molar-refractivity contribution in [3.8, 4) is 11.5 Å². The van der Waals surface area contributed by atoms with Gasteiger partial charge in [0, 0.05) is 7.11 Å². The second-order valence-corrected chi connectivity index (χ2v) is 10.4. The lowest BCUT2D eigenvalue weighted by atomic mass is 10.1. The first-order valence-electron chi connectivity index (χ1n) is 10.9. The largest absolute Gasteiger partial charge is 0.744 e. The second-order valence-electron chi connectivity index (χ2n) is 7.62. The lowest BCUT2D eigenvalue weighted by Gasteiger charge is -2.10. The summed E-state index contributed by atoms with van der Waals surface area (Å²) in [6, 6.07) is 16.1. The molecule has 0 aromatic heterocycles. The highest BCUT2D eigenvalue weighted by atomic mass is 32.2. The third kappa shape index (κ3) is 18.9. The van der Waals surface area contributed by atoms with E-state index in [-0.39, 0.29) is 33.2 Å². The van der Waals surface area contributed by atoms with Crippen molar-refractivity contribution in [1.29, 1.82) is 0 Å². The highest BCUT2D eigenvalue weighted by Crippen LogP contribution is 2.24. The first-order chi connectivity index (χ1) is 18.3. The van der Waals surface area contributed by atoms with Gasteiger partial charge in [-0.25, -0.2) is 16.8 Å². The van der Waals surface area contributed by atoms with Crippen molar-refractivity contribution in [3.05, 3.63) is 83.4 Å². The van der Waals surface area contributed by atoms with E-state index in [2.05, 4.69) is 72.7 Å². The van der Waals surface area contributed by atoms with Crippen molar-refractivity contribution >= 4 is 32.2 Å². The summed E-state index contributed by atoms with van der Waals surface area (Å²) in [7, 11) is -8.04. The van der Waals surface area contributed by atoms with E-state index in [0.29, 0.717) is 0 Å². The van der Waals surface area contributed by atoms with E-state index in [0.717, 1.165) is 31.4 Å². The van der Waals surface area contributed by atoms with Gasteiger partial charge < -0.3 is 18.9 Å². The van der Waals surface area contributed by atoms with Gasteiger partial charge in [-0.05, 0) is 69.3 Å². The van der Waals surface area contributed by atoms with Crippen LogP contribution in [0.15, 0.2) is 76.5 Å². The third-order valence-electron chi connectivity index (χ3n) is 3.83. The molecule has 0 atom stereocenters. The fraction of sp³-hybridized carbons (Fsp3) is 0.167. The van der Waals surface area contributed by atoms with Crippen LogP contribution in [-0.4, -0.2) is 50.1 Å². The lowest BCUT2D eigenvalue weighted by molar-refractivity contribution is -0.117. The molecule has 0 amide bonds. The lowest BCUT2D eigenvalue weighted by Crippen LogP contribution is -2.51. The van der Waals surface area contributed by atoms with Gasteiger partial charge in [-0.3, -0.25) is 33.8 Å². The van der Waals surface area contributed by atoms with E-state index in [4.69, 9.17) is 9.84 Å². The fourth-order valence-corrected chi connectivity index (χ4v) is 3.63. The maximum absolute atomic E-state index is 10.8. The van der Waals surface area contributed by atoms with Gasteiger partial charge in [0.2, 0.25) is 0 Å². The normalized spacial score (nSPS) is 9.88. The number of benzene rings is 3. The number of aliphatic hydroxyl groups excluding tert-OH is 1. The Morgan fingerprint density at radius 2 is 0.825 bits per heavy atom. The summed E-state index contributed by atoms with van der Waals surface area (Å²) in [6.45, 7) is 6.38. The Kier molecular flexibility index (Phi) is 17.2. The van der Waals surface area contributed by atoms with E-state index in [9.17, 15) is 25.9 Å². The van der Waals surface area contributed by atoms with Gasteiger partial charge in [0.05, 0.1) is 9.79 Å². The molecule has 222 valence electrons. The van der Waals surface area contributed by atoms with Crippen molar-refractivity contribution in [2.75, 3.05) is 7.11 Å². The van der Waals surface area contributed by atoms with E-state index in [1.807, 2.05) is 0 Å². The molecule has 16 heteroatoms. The molecule has 0 radical (unpaired) electrons. The topological polar surface area (TPSA) is 299 Å². The molecule has 3 aromatic rings. The first kappa shape index (κ1) is 37.9. The molecule has 0 saturated carbocycles. The van der Waals surface area contributed by atoms with E-state index in [1.54, 1.807) is 0 Å². The zero-order chi connectivity index (χ0) is 31.7. The number of rotatable bonds is 4. The molecule has 3 aromatic carbocycles. The molecule has 0 bridgehead atoms. The Balaban J connectivity index is 0. The van der Waals surface area contributed by atoms with Crippen LogP contribution in [0.25, 0.3) is 0 Å². The van der Waals surface area contributed by atoms with Crippen molar-refractivity contribution in [2.24, 2.45) is 22.9 Å². The van der Waals surface area contributed by atoms with Crippen LogP contribution in [0.1, 0.15) is 16.7 Å². The Labute approximate surface area is 234 Å². The van der Waals surface area contributed by atoms with Crippen LogP contribution in [0.5, 0.6) is 11.5 Å². The summed E-state index contributed by atoms with van der Waals surface area (Å²) in [5.74, 6) is 0.334. The molecular weight excluding hydrogens is 564 g/mol. The van der Waals surface area contributed by atoms with Crippen molar-refractivity contribution < 1.29 is 46.6 Å². The van der Waals surface area contributed by atoms with Crippen molar-refractivity contribution in [1.82, 2.24) is 0 Å². The number of aryl methyl sites for hydroxylation is 3. The van der Waals surface area contributed by atoms with Crippen LogP contribution >= 0.6 is 0 Å². The number of hydrogen-bond donors (Lipinski definition) is 7. The summed E-state index contributed by atoms with van der Waals surface area (Å²) in [5.41, 5.74) is 22.4. The average Bonchev–Trinajstić information content (AvgIpc) is 2.79. The smallest absolute Gasteiger partial charge is 0.336 e. The molecule has 0 aliphatic rings. The molecule has 0 aliphatic heterocycles. The average molecular weight is 601 g/mol. The van der Waals surface area contributed by atoms with Crippen LogP contribution in [0, 0.1) is 20.8 Å². The Bertz CT molecular complexity index is 1290. The summed E-state index contributed by atoms with van der Waals surface area (Å²) in [4.78, 5) is -0.773. The molecular formula is C24H36N6O8S2. The highest BCUT2D eigenvalue weighted by molar-refractivity contribution is 7.86. The molecule has 14 nitrogen and oxygen atoms in total. The minimum Gasteiger partial charge on any atom is -0.744 e. The second kappa shape index (κ2) is 18.1. The molecule has 0 aliphatic carbocycles. The van der Waals surface area contributed by atoms with Crippen LogP contribution in [-0.2, 0) is 20.2 Å². The summed E-state index contributed by atoms with van der Waals surface area (Å²) < 4.78 is 69.8. The SMILES string of the molecule is CO.Cc1cc(C)cc(C)c1.NC(N)=[NH2+].NC(N)=[NH2+].O=S(=O)([O-])c1ccc(Oc2ccc(S(=O)(=O)[O-])cc2)cc1. The summed E-state index contributed by atoms with van der Waals surface area (Å²) in [6.07, 6.45) is 0. The third-order valence-corrected chi connectivity index (χ3v) is 5.53. The van der Waals surface area contributed by atoms with Gasteiger partial charge in [-0.2, -0.15) is 0 Å². The standard InChI is InChI=1S/C12H10O7S2.C9H12.2CH5N3.CH4O/c13-20(14,15)11-5-1-9(2-6-11)19-10-3-7-12(8-4-10)21(16,17)18;1-7-4-8(2)6-9(3)5-7;2*2-1(3)4;1-2/h1-8H,(H,13,14,15)(H,16,17,18);4-6H,1-3H3;2*(H5,2,3,4);2H,1H3. The fourth-order valence-electron chi connectivity index (χ4n) is 2.69. The van der Waals surface area contributed by atoms with Gasteiger partial charge in [-0.15, -0.1) is 0 Å². The molecule has 0 fully saturated rings. The molecule has 0 heterocycles. The van der Waals surface area contributed by atoms with E-state index >= 15 is 0 Å². The van der Waals surface area contributed by atoms with E-state index in [1.165, 1.54) is 41.0 Å². The summed E-state index contributed by atoms with van der Waals surface area (Å²) >= 11 is 0. The predicted molar refractivity (Wildman–Crippen MR) is 148 cm³/mol. The molecule has 3 rings (SSSR count). The van der Waals surface area contributed by atoms with Crippen molar-refractivity contribution in [2.45, 2.75) is 30.6 Å². The van der Waals surface area contributed by atoms with Crippen LogP contribution in [0.3, 0.4) is 0 Å². The predicted octanol–water partition coefficient (Wildman–Crippen LogP) is -2.45. The molecule has 0 saturated heterocycles. The highest BCUT2D eigenvalue weighted by Gasteiger charge is 2.04. The molecule has 13 N–H and O–H groups in total. The van der Waals surface area contributed by atoms with Crippen LogP contribution < -0.4 is 38.5 Å². The number of guanidine groups is 2. The number of hydrogen-bond acceptors (Lipinski definition) is 8. The van der Waals surface area contributed by atoms with Gasteiger partial charge in [-0.1, -0.05) is 34.9 Å². The first-order valence-corrected chi connectivity index (χ1v) is 13.7. The van der Waals surface area contributed by atoms with Crippen LogP contribution in [0.2, 0.25) is 0 Å². The van der Waals surface area contributed by atoms with Crippen LogP contribution in [0.4, 0.5) is 0 Å². The van der Waals surface area contributed by atoms with Gasteiger partial charge in [0.25, 0.3) is 0 Å². The maximum atomic E-state index is 10.8. The number of ether oxygens (including phenoxy) is 1. The Hall–Kier alpha value is -4.22. The number of aliphatic hydroxyl groups is 1. The number of nitrogens with two attached hydrogens (primary N) is 6. The van der Waals surface area contributed by atoms with Gasteiger partial charge in [0.15, 0.2) is 0 Å². The molecule has 0 spiro atoms. The molecule has 0 unspecified atom stereocenters.